The molecule has 0 bridgehead atoms. The van der Waals surface area contributed by atoms with E-state index >= 15 is 0 Å². The number of ether oxygens (including phenoxy) is 2. The maximum Gasteiger partial charge on any atom is 0.340 e. The predicted molar refractivity (Wildman–Crippen MR) is 80.8 cm³/mol. The highest BCUT2D eigenvalue weighted by Gasteiger charge is 2.17. The highest BCUT2D eigenvalue weighted by Crippen LogP contribution is 2.30. The van der Waals surface area contributed by atoms with Crippen LogP contribution in [0, 0.1) is 0 Å². The van der Waals surface area contributed by atoms with Crippen molar-refractivity contribution in [2.24, 2.45) is 0 Å². The molecular weight excluding hydrogens is 268 g/mol. The maximum atomic E-state index is 11.3. The number of hydrogen-bond acceptors (Lipinski definition) is 3. The summed E-state index contributed by atoms with van der Waals surface area (Å²) in [6, 6.07) is 12.9. The summed E-state index contributed by atoms with van der Waals surface area (Å²) in [5.74, 6) is -0.269. The van der Waals surface area contributed by atoms with Gasteiger partial charge in [0.2, 0.25) is 0 Å². The molecule has 1 N–H and O–H groups in total. The molecule has 0 aliphatic heterocycles. The lowest BCUT2D eigenvalue weighted by Gasteiger charge is -2.12. The van der Waals surface area contributed by atoms with Gasteiger partial charge in [0.05, 0.1) is 7.11 Å². The van der Waals surface area contributed by atoms with Crippen molar-refractivity contribution in [3.63, 3.8) is 0 Å². The summed E-state index contributed by atoms with van der Waals surface area (Å²) in [5.41, 5.74) is 1.57. The van der Waals surface area contributed by atoms with Crippen molar-refractivity contribution in [3.05, 3.63) is 65.7 Å². The minimum absolute atomic E-state index is 0.0829. The Morgan fingerprint density at radius 3 is 2.57 bits per heavy atom. The van der Waals surface area contributed by atoms with Gasteiger partial charge in [0.1, 0.15) is 23.7 Å². The minimum Gasteiger partial charge on any atom is -0.496 e. The summed E-state index contributed by atoms with van der Waals surface area (Å²) >= 11 is 0. The van der Waals surface area contributed by atoms with Gasteiger partial charge < -0.3 is 14.6 Å². The van der Waals surface area contributed by atoms with Crippen molar-refractivity contribution in [3.8, 4) is 11.5 Å². The van der Waals surface area contributed by atoms with E-state index in [9.17, 15) is 9.90 Å². The Morgan fingerprint density at radius 1 is 1.29 bits per heavy atom. The van der Waals surface area contributed by atoms with Crippen LogP contribution in [-0.4, -0.2) is 18.2 Å². The Morgan fingerprint density at radius 2 is 2.00 bits per heavy atom. The molecule has 0 atom stereocenters. The lowest BCUT2D eigenvalue weighted by Crippen LogP contribution is -2.05. The fraction of sp³-hybridized carbons (Fsp3) is 0.118. The Bertz CT molecular complexity index is 647. The van der Waals surface area contributed by atoms with Crippen LogP contribution in [0.3, 0.4) is 0 Å². The van der Waals surface area contributed by atoms with Crippen LogP contribution in [-0.2, 0) is 6.61 Å². The van der Waals surface area contributed by atoms with Crippen molar-refractivity contribution in [2.45, 2.75) is 6.61 Å². The molecule has 0 aliphatic rings. The van der Waals surface area contributed by atoms with E-state index in [1.165, 1.54) is 13.2 Å². The highest BCUT2D eigenvalue weighted by molar-refractivity contribution is 5.95. The second-order valence-electron chi connectivity index (χ2n) is 4.37. The summed E-state index contributed by atoms with van der Waals surface area (Å²) in [7, 11) is 1.43. The van der Waals surface area contributed by atoms with Gasteiger partial charge in [0.15, 0.2) is 0 Å². The molecule has 2 aromatic rings. The van der Waals surface area contributed by atoms with E-state index in [1.54, 1.807) is 12.1 Å². The number of methoxy groups -OCH3 is 1. The Hall–Kier alpha value is -2.75. The standard InChI is InChI=1S/C17H16O4/c1-3-13-9-14(10-15(20-2)16(13)17(18)19)21-11-12-7-5-4-6-8-12/h3-10H,1,11H2,2H3,(H,18,19). The van der Waals surface area contributed by atoms with Crippen molar-refractivity contribution in [1.82, 2.24) is 0 Å². The number of rotatable bonds is 6. The van der Waals surface area contributed by atoms with E-state index in [4.69, 9.17) is 9.47 Å². The number of benzene rings is 2. The number of carboxylic acids is 1. The van der Waals surface area contributed by atoms with Crippen molar-refractivity contribution < 1.29 is 19.4 Å². The lowest BCUT2D eigenvalue weighted by atomic mass is 10.1. The molecule has 0 aromatic heterocycles. The molecule has 4 heteroatoms. The molecule has 0 saturated heterocycles. The summed E-state index contributed by atoms with van der Waals surface area (Å²) in [6.45, 7) is 4.03. The van der Waals surface area contributed by atoms with E-state index in [0.29, 0.717) is 17.9 Å². The van der Waals surface area contributed by atoms with Crippen LogP contribution >= 0.6 is 0 Å². The number of hydrogen-bond donors (Lipinski definition) is 1. The molecular formula is C17H16O4. The predicted octanol–water partition coefficient (Wildman–Crippen LogP) is 3.62. The molecule has 0 unspecified atom stereocenters. The molecule has 0 saturated carbocycles. The maximum absolute atomic E-state index is 11.3. The van der Waals surface area contributed by atoms with Gasteiger partial charge in [-0.3, -0.25) is 0 Å². The molecule has 108 valence electrons. The summed E-state index contributed by atoms with van der Waals surface area (Å²) in [6.07, 6.45) is 1.47. The zero-order chi connectivity index (χ0) is 15.2. The molecule has 0 amide bonds. The zero-order valence-corrected chi connectivity index (χ0v) is 11.7. The first-order valence-electron chi connectivity index (χ1n) is 6.40. The molecule has 2 rings (SSSR count). The molecule has 0 fully saturated rings. The van der Waals surface area contributed by atoms with Crippen LogP contribution in [0.4, 0.5) is 0 Å². The van der Waals surface area contributed by atoms with Gasteiger partial charge in [0.25, 0.3) is 0 Å². The van der Waals surface area contributed by atoms with Gasteiger partial charge in [-0.05, 0) is 17.2 Å². The summed E-state index contributed by atoms with van der Waals surface area (Å²) < 4.78 is 10.8. The Balaban J connectivity index is 2.28. The second kappa shape index (κ2) is 6.61. The van der Waals surface area contributed by atoms with E-state index < -0.39 is 5.97 Å². The van der Waals surface area contributed by atoms with E-state index in [1.807, 2.05) is 30.3 Å². The molecule has 4 nitrogen and oxygen atoms in total. The SMILES string of the molecule is C=Cc1cc(OCc2ccccc2)cc(OC)c1C(=O)O. The number of aromatic carboxylic acids is 1. The topological polar surface area (TPSA) is 55.8 Å². The average molecular weight is 284 g/mol. The quantitative estimate of drug-likeness (QED) is 0.880. The summed E-state index contributed by atoms with van der Waals surface area (Å²) in [4.78, 5) is 11.3. The largest absolute Gasteiger partial charge is 0.496 e. The molecule has 21 heavy (non-hydrogen) atoms. The number of carboxylic acid groups (broad SMARTS) is 1. The fourth-order valence-electron chi connectivity index (χ4n) is 1.99. The van der Waals surface area contributed by atoms with E-state index in [0.717, 1.165) is 5.56 Å². The van der Waals surface area contributed by atoms with Crippen molar-refractivity contribution in [1.29, 1.82) is 0 Å². The van der Waals surface area contributed by atoms with Crippen LogP contribution in [0.1, 0.15) is 21.5 Å². The van der Waals surface area contributed by atoms with Crippen LogP contribution in [0.5, 0.6) is 11.5 Å². The first-order chi connectivity index (χ1) is 10.2. The molecule has 0 aliphatic carbocycles. The monoisotopic (exact) mass is 284 g/mol. The van der Waals surface area contributed by atoms with Crippen LogP contribution in [0.15, 0.2) is 49.0 Å². The first kappa shape index (κ1) is 14.7. The fourth-order valence-corrected chi connectivity index (χ4v) is 1.99. The average Bonchev–Trinajstić information content (AvgIpc) is 2.52. The molecule has 0 heterocycles. The minimum atomic E-state index is -1.06. The third kappa shape index (κ3) is 3.42. The Labute approximate surface area is 123 Å². The van der Waals surface area contributed by atoms with Gasteiger partial charge in [-0.25, -0.2) is 4.79 Å². The van der Waals surface area contributed by atoms with Crippen LogP contribution in [0.25, 0.3) is 6.08 Å². The Kier molecular flexibility index (Phi) is 4.61. The third-order valence-electron chi connectivity index (χ3n) is 3.01. The smallest absolute Gasteiger partial charge is 0.340 e. The van der Waals surface area contributed by atoms with Crippen LogP contribution < -0.4 is 9.47 Å². The molecule has 0 radical (unpaired) electrons. The normalized spacial score (nSPS) is 9.95. The van der Waals surface area contributed by atoms with Gasteiger partial charge >= 0.3 is 5.97 Å². The zero-order valence-electron chi connectivity index (χ0n) is 11.7. The lowest BCUT2D eigenvalue weighted by molar-refractivity contribution is 0.0693. The van der Waals surface area contributed by atoms with Gasteiger partial charge in [-0.1, -0.05) is 43.0 Å². The molecule has 2 aromatic carbocycles. The van der Waals surface area contributed by atoms with Gasteiger partial charge in [-0.2, -0.15) is 0 Å². The van der Waals surface area contributed by atoms with Crippen LogP contribution in [0.2, 0.25) is 0 Å². The van der Waals surface area contributed by atoms with E-state index in [-0.39, 0.29) is 11.3 Å². The number of carbonyl (C=O) groups is 1. The van der Waals surface area contributed by atoms with Crippen molar-refractivity contribution in [2.75, 3.05) is 7.11 Å². The summed E-state index contributed by atoms with van der Waals surface area (Å²) in [5, 5.41) is 9.24. The third-order valence-corrected chi connectivity index (χ3v) is 3.01. The van der Waals surface area contributed by atoms with Gasteiger partial charge in [-0.15, -0.1) is 0 Å². The highest BCUT2D eigenvalue weighted by atomic mass is 16.5. The van der Waals surface area contributed by atoms with Crippen molar-refractivity contribution >= 4 is 12.0 Å². The molecule has 0 spiro atoms. The van der Waals surface area contributed by atoms with Gasteiger partial charge in [0, 0.05) is 6.07 Å². The second-order valence-corrected chi connectivity index (χ2v) is 4.37. The first-order valence-corrected chi connectivity index (χ1v) is 6.40. The van der Waals surface area contributed by atoms with E-state index in [2.05, 4.69) is 6.58 Å².